The van der Waals surface area contributed by atoms with E-state index in [9.17, 15) is 4.79 Å². The van der Waals surface area contributed by atoms with Crippen LogP contribution in [0.2, 0.25) is 0 Å². The third-order valence-electron chi connectivity index (χ3n) is 4.78. The summed E-state index contributed by atoms with van der Waals surface area (Å²) < 4.78 is 11.5. The highest BCUT2D eigenvalue weighted by molar-refractivity contribution is 5.76. The van der Waals surface area contributed by atoms with Crippen LogP contribution in [0.15, 0.2) is 0 Å². The van der Waals surface area contributed by atoms with Crippen LogP contribution in [-0.4, -0.2) is 18.4 Å². The molecule has 1 rings (SSSR count). The SMILES string of the molecule is CC(C)CC(C)(C(=O)OC(C)OC1CCCCC1)C(C)C. The fourth-order valence-corrected chi connectivity index (χ4v) is 3.19. The maximum absolute atomic E-state index is 12.6. The van der Waals surface area contributed by atoms with Crippen molar-refractivity contribution < 1.29 is 14.3 Å². The summed E-state index contributed by atoms with van der Waals surface area (Å²) in [5.41, 5.74) is -0.432. The molecule has 0 aromatic heterocycles. The second kappa shape index (κ2) is 8.17. The van der Waals surface area contributed by atoms with Gasteiger partial charge in [0.2, 0.25) is 0 Å². The van der Waals surface area contributed by atoms with Gasteiger partial charge in [-0.15, -0.1) is 0 Å². The molecule has 0 spiro atoms. The zero-order valence-electron chi connectivity index (χ0n) is 14.8. The minimum atomic E-state index is -0.439. The molecular formula is C18H34O3. The number of hydrogen-bond acceptors (Lipinski definition) is 3. The average Bonchev–Trinajstić information content (AvgIpc) is 2.38. The van der Waals surface area contributed by atoms with E-state index >= 15 is 0 Å². The number of esters is 1. The number of ether oxygens (including phenoxy) is 2. The molecule has 1 fully saturated rings. The first-order valence-corrected chi connectivity index (χ1v) is 8.62. The monoisotopic (exact) mass is 298 g/mol. The Labute approximate surface area is 130 Å². The van der Waals surface area contributed by atoms with Crippen molar-refractivity contribution in [3.05, 3.63) is 0 Å². The quantitative estimate of drug-likeness (QED) is 0.493. The lowest BCUT2D eigenvalue weighted by Crippen LogP contribution is -2.39. The van der Waals surface area contributed by atoms with Crippen LogP contribution in [-0.2, 0) is 14.3 Å². The van der Waals surface area contributed by atoms with Gasteiger partial charge in [-0.05, 0) is 44.9 Å². The maximum atomic E-state index is 12.6. The van der Waals surface area contributed by atoms with Crippen molar-refractivity contribution in [3.8, 4) is 0 Å². The third kappa shape index (κ3) is 5.61. The van der Waals surface area contributed by atoms with Gasteiger partial charge in [0.05, 0.1) is 11.5 Å². The second-order valence-corrected chi connectivity index (χ2v) is 7.54. The van der Waals surface area contributed by atoms with Gasteiger partial charge in [-0.1, -0.05) is 47.0 Å². The van der Waals surface area contributed by atoms with E-state index in [1.807, 2.05) is 13.8 Å². The van der Waals surface area contributed by atoms with Crippen LogP contribution in [0.1, 0.15) is 80.1 Å². The van der Waals surface area contributed by atoms with Crippen molar-refractivity contribution >= 4 is 5.97 Å². The van der Waals surface area contributed by atoms with Gasteiger partial charge in [-0.25, -0.2) is 0 Å². The molecule has 21 heavy (non-hydrogen) atoms. The van der Waals surface area contributed by atoms with Gasteiger partial charge in [0, 0.05) is 0 Å². The summed E-state index contributed by atoms with van der Waals surface area (Å²) in [6.45, 7) is 12.4. The van der Waals surface area contributed by atoms with Gasteiger partial charge in [0.15, 0.2) is 6.29 Å². The highest BCUT2D eigenvalue weighted by Crippen LogP contribution is 2.36. The predicted molar refractivity (Wildman–Crippen MR) is 85.9 cm³/mol. The summed E-state index contributed by atoms with van der Waals surface area (Å²) in [5, 5.41) is 0. The molecule has 1 saturated carbocycles. The van der Waals surface area contributed by atoms with Crippen LogP contribution >= 0.6 is 0 Å². The topological polar surface area (TPSA) is 35.5 Å². The summed E-state index contributed by atoms with van der Waals surface area (Å²) >= 11 is 0. The Hall–Kier alpha value is -0.570. The van der Waals surface area contributed by atoms with Crippen LogP contribution < -0.4 is 0 Å². The maximum Gasteiger partial charge on any atom is 0.314 e. The molecule has 0 aromatic carbocycles. The Morgan fingerprint density at radius 3 is 2.14 bits per heavy atom. The Morgan fingerprint density at radius 1 is 1.10 bits per heavy atom. The van der Waals surface area contributed by atoms with E-state index in [1.54, 1.807) is 0 Å². The molecule has 0 aliphatic heterocycles. The average molecular weight is 298 g/mol. The molecule has 0 aromatic rings. The summed E-state index contributed by atoms with van der Waals surface area (Å²) in [7, 11) is 0. The molecule has 0 saturated heterocycles. The zero-order valence-corrected chi connectivity index (χ0v) is 14.8. The summed E-state index contributed by atoms with van der Waals surface area (Å²) in [4.78, 5) is 12.6. The number of hydrogen-bond donors (Lipinski definition) is 0. The normalized spacial score (nSPS) is 21.3. The first-order chi connectivity index (χ1) is 9.75. The van der Waals surface area contributed by atoms with Gasteiger partial charge in [0.1, 0.15) is 0 Å². The molecule has 0 amide bonds. The van der Waals surface area contributed by atoms with Crippen molar-refractivity contribution in [1.82, 2.24) is 0 Å². The minimum absolute atomic E-state index is 0.116. The van der Waals surface area contributed by atoms with Crippen LogP contribution in [0.5, 0.6) is 0 Å². The Morgan fingerprint density at radius 2 is 1.67 bits per heavy atom. The fraction of sp³-hybridized carbons (Fsp3) is 0.944. The van der Waals surface area contributed by atoms with E-state index in [2.05, 4.69) is 27.7 Å². The van der Waals surface area contributed by atoms with Crippen molar-refractivity contribution in [2.24, 2.45) is 17.3 Å². The lowest BCUT2D eigenvalue weighted by molar-refractivity contribution is -0.200. The molecule has 0 heterocycles. The molecule has 1 aliphatic rings. The lowest BCUT2D eigenvalue weighted by atomic mass is 9.73. The van der Waals surface area contributed by atoms with Crippen LogP contribution in [0.25, 0.3) is 0 Å². The van der Waals surface area contributed by atoms with Gasteiger partial charge < -0.3 is 9.47 Å². The van der Waals surface area contributed by atoms with E-state index in [-0.39, 0.29) is 18.0 Å². The highest BCUT2D eigenvalue weighted by Gasteiger charge is 2.39. The molecule has 1 aliphatic carbocycles. The van der Waals surface area contributed by atoms with Gasteiger partial charge in [-0.2, -0.15) is 0 Å². The molecule has 0 N–H and O–H groups in total. The van der Waals surface area contributed by atoms with E-state index in [0.717, 1.165) is 19.3 Å². The van der Waals surface area contributed by atoms with Crippen LogP contribution in [0, 0.1) is 17.3 Å². The number of rotatable bonds is 7. The first kappa shape index (κ1) is 18.5. The third-order valence-corrected chi connectivity index (χ3v) is 4.78. The van der Waals surface area contributed by atoms with Crippen LogP contribution in [0.3, 0.4) is 0 Å². The smallest absolute Gasteiger partial charge is 0.314 e. The van der Waals surface area contributed by atoms with Crippen molar-refractivity contribution in [2.45, 2.75) is 92.5 Å². The molecule has 0 radical (unpaired) electrons. The van der Waals surface area contributed by atoms with E-state index < -0.39 is 11.7 Å². The molecule has 124 valence electrons. The van der Waals surface area contributed by atoms with Crippen LogP contribution in [0.4, 0.5) is 0 Å². The Kier molecular flexibility index (Phi) is 7.19. The van der Waals surface area contributed by atoms with E-state index in [4.69, 9.17) is 9.47 Å². The largest absolute Gasteiger partial charge is 0.436 e. The minimum Gasteiger partial charge on any atom is -0.436 e. The lowest BCUT2D eigenvalue weighted by Gasteiger charge is -2.34. The highest BCUT2D eigenvalue weighted by atomic mass is 16.7. The van der Waals surface area contributed by atoms with Gasteiger partial charge in [-0.3, -0.25) is 4.79 Å². The number of carbonyl (C=O) groups excluding carboxylic acids is 1. The summed E-state index contributed by atoms with van der Waals surface area (Å²) in [5.74, 6) is 0.614. The standard InChI is InChI=1S/C18H34O3/c1-13(2)12-18(6,14(3)4)17(19)21-15(5)20-16-10-8-7-9-11-16/h13-16H,7-12H2,1-6H3. The summed E-state index contributed by atoms with van der Waals surface area (Å²) in [6, 6.07) is 0. The summed E-state index contributed by atoms with van der Waals surface area (Å²) in [6.07, 6.45) is 6.60. The fourth-order valence-electron chi connectivity index (χ4n) is 3.19. The van der Waals surface area contributed by atoms with E-state index in [0.29, 0.717) is 5.92 Å². The molecule has 3 heteroatoms. The van der Waals surface area contributed by atoms with Crippen molar-refractivity contribution in [3.63, 3.8) is 0 Å². The van der Waals surface area contributed by atoms with Crippen molar-refractivity contribution in [1.29, 1.82) is 0 Å². The molecule has 2 unspecified atom stereocenters. The van der Waals surface area contributed by atoms with Gasteiger partial charge in [0.25, 0.3) is 0 Å². The second-order valence-electron chi connectivity index (χ2n) is 7.54. The molecular weight excluding hydrogens is 264 g/mol. The Bertz CT molecular complexity index is 318. The zero-order chi connectivity index (χ0) is 16.0. The number of carbonyl (C=O) groups is 1. The molecule has 0 bridgehead atoms. The van der Waals surface area contributed by atoms with Gasteiger partial charge >= 0.3 is 5.97 Å². The Balaban J connectivity index is 2.55. The van der Waals surface area contributed by atoms with Crippen molar-refractivity contribution in [2.75, 3.05) is 0 Å². The molecule has 3 nitrogen and oxygen atoms in total. The predicted octanol–water partition coefficient (Wildman–Crippen LogP) is 4.93. The molecule has 2 atom stereocenters. The first-order valence-electron chi connectivity index (χ1n) is 8.62. The van der Waals surface area contributed by atoms with E-state index in [1.165, 1.54) is 19.3 Å².